The van der Waals surface area contributed by atoms with Crippen molar-refractivity contribution < 1.29 is 0 Å². The number of hydrogen-bond acceptors (Lipinski definition) is 3. The van der Waals surface area contributed by atoms with Gasteiger partial charge < -0.3 is 10.3 Å². The molecule has 3 rings (SSSR count). The maximum absolute atomic E-state index is 6.07. The van der Waals surface area contributed by atoms with Crippen LogP contribution in [0.2, 0.25) is 10.0 Å². The third-order valence-corrected chi connectivity index (χ3v) is 4.74. The second-order valence-electron chi connectivity index (χ2n) is 4.39. The summed E-state index contributed by atoms with van der Waals surface area (Å²) in [6, 6.07) is 3.55. The highest BCUT2D eigenvalue weighted by Gasteiger charge is 2.12. The molecule has 0 amide bonds. The number of rotatable bonds is 2. The second-order valence-corrected chi connectivity index (χ2v) is 5.95. The Kier molecular flexibility index (Phi) is 3.17. The summed E-state index contributed by atoms with van der Waals surface area (Å²) in [7, 11) is 0. The fraction of sp³-hybridized carbons (Fsp3) is 0.154. The molecule has 3 aromatic rings. The average molecular weight is 312 g/mol. The van der Waals surface area contributed by atoms with Crippen molar-refractivity contribution in [2.75, 3.05) is 5.73 Å². The first kappa shape index (κ1) is 12.8. The molecule has 0 saturated carbocycles. The maximum atomic E-state index is 6.07. The largest absolute Gasteiger partial charge is 0.369 e. The number of imidazole rings is 1. The molecule has 98 valence electrons. The van der Waals surface area contributed by atoms with Gasteiger partial charge in [-0.2, -0.15) is 11.3 Å². The highest BCUT2D eigenvalue weighted by Crippen LogP contribution is 2.30. The summed E-state index contributed by atoms with van der Waals surface area (Å²) < 4.78 is 1.95. The fourth-order valence-electron chi connectivity index (χ4n) is 2.02. The summed E-state index contributed by atoms with van der Waals surface area (Å²) in [6.45, 7) is 2.78. The van der Waals surface area contributed by atoms with E-state index >= 15 is 0 Å². The highest BCUT2D eigenvalue weighted by atomic mass is 35.5. The molecule has 0 aliphatic heterocycles. The second kappa shape index (κ2) is 4.71. The zero-order valence-electron chi connectivity index (χ0n) is 10.2. The van der Waals surface area contributed by atoms with Gasteiger partial charge in [-0.25, -0.2) is 4.98 Å². The first-order valence-corrected chi connectivity index (χ1v) is 7.38. The van der Waals surface area contributed by atoms with Crippen LogP contribution >= 0.6 is 34.5 Å². The third-order valence-electron chi connectivity index (χ3n) is 3.11. The van der Waals surface area contributed by atoms with Crippen molar-refractivity contribution in [3.05, 3.63) is 44.1 Å². The van der Waals surface area contributed by atoms with Gasteiger partial charge in [0.15, 0.2) is 0 Å². The Hall–Kier alpha value is -1.23. The van der Waals surface area contributed by atoms with Gasteiger partial charge in [-0.05, 0) is 40.9 Å². The summed E-state index contributed by atoms with van der Waals surface area (Å²) in [4.78, 5) is 4.33. The van der Waals surface area contributed by atoms with E-state index in [0.717, 1.165) is 11.0 Å². The predicted molar refractivity (Wildman–Crippen MR) is 82.3 cm³/mol. The zero-order valence-corrected chi connectivity index (χ0v) is 12.5. The van der Waals surface area contributed by atoms with E-state index in [4.69, 9.17) is 28.9 Å². The van der Waals surface area contributed by atoms with Crippen LogP contribution in [0, 0.1) is 6.92 Å². The smallest absolute Gasteiger partial charge is 0.201 e. The molecule has 0 spiro atoms. The van der Waals surface area contributed by atoms with Crippen LogP contribution in [-0.4, -0.2) is 9.55 Å². The Morgan fingerprint density at radius 3 is 2.68 bits per heavy atom. The van der Waals surface area contributed by atoms with Crippen molar-refractivity contribution in [2.45, 2.75) is 13.5 Å². The van der Waals surface area contributed by atoms with Crippen molar-refractivity contribution in [3.8, 4) is 0 Å². The molecular formula is C13H11Cl2N3S. The Balaban J connectivity index is 2.15. The lowest BCUT2D eigenvalue weighted by atomic mass is 10.2. The number of nitrogen functional groups attached to an aromatic ring is 1. The summed E-state index contributed by atoms with van der Waals surface area (Å²) in [5, 5.41) is 5.25. The molecule has 2 heterocycles. The van der Waals surface area contributed by atoms with Crippen molar-refractivity contribution in [1.82, 2.24) is 9.55 Å². The molecule has 3 nitrogen and oxygen atoms in total. The van der Waals surface area contributed by atoms with Gasteiger partial charge in [0.05, 0.1) is 27.6 Å². The fourth-order valence-corrected chi connectivity index (χ4v) is 3.19. The van der Waals surface area contributed by atoms with E-state index in [-0.39, 0.29) is 0 Å². The summed E-state index contributed by atoms with van der Waals surface area (Å²) in [5.74, 6) is 0.471. The van der Waals surface area contributed by atoms with Crippen LogP contribution in [0.4, 0.5) is 5.95 Å². The van der Waals surface area contributed by atoms with E-state index in [9.17, 15) is 0 Å². The van der Waals surface area contributed by atoms with Crippen molar-refractivity contribution >= 4 is 51.5 Å². The van der Waals surface area contributed by atoms with Gasteiger partial charge in [0.25, 0.3) is 0 Å². The van der Waals surface area contributed by atoms with Gasteiger partial charge in [-0.3, -0.25) is 0 Å². The number of hydrogen-bond donors (Lipinski definition) is 1. The minimum Gasteiger partial charge on any atom is -0.369 e. The Morgan fingerprint density at radius 2 is 2.00 bits per heavy atom. The number of aryl methyl sites for hydroxylation is 1. The standard InChI is InChI=1S/C13H11Cl2N3S/c1-7-5-19-6-8(7)4-18-12-3-10(15)9(14)2-11(12)17-13(18)16/h2-3,5-6H,4H2,1H3,(H2,16,17). The number of thiophene rings is 1. The monoisotopic (exact) mass is 311 g/mol. The molecule has 2 N–H and O–H groups in total. The number of nitrogens with zero attached hydrogens (tertiary/aromatic N) is 2. The minimum absolute atomic E-state index is 0.471. The molecule has 6 heteroatoms. The van der Waals surface area contributed by atoms with E-state index in [0.29, 0.717) is 22.5 Å². The van der Waals surface area contributed by atoms with Crippen molar-refractivity contribution in [2.24, 2.45) is 0 Å². The van der Waals surface area contributed by atoms with Gasteiger partial charge in [0, 0.05) is 0 Å². The molecule has 0 saturated heterocycles. The molecule has 0 fully saturated rings. The SMILES string of the molecule is Cc1cscc1Cn1c(N)nc2cc(Cl)c(Cl)cc21. The summed E-state index contributed by atoms with van der Waals surface area (Å²) in [6.07, 6.45) is 0. The number of benzene rings is 1. The maximum Gasteiger partial charge on any atom is 0.201 e. The van der Waals surface area contributed by atoms with Gasteiger partial charge in [-0.1, -0.05) is 23.2 Å². The quantitative estimate of drug-likeness (QED) is 0.765. The minimum atomic E-state index is 0.471. The van der Waals surface area contributed by atoms with Crippen LogP contribution in [0.3, 0.4) is 0 Å². The third kappa shape index (κ3) is 2.20. The Morgan fingerprint density at radius 1 is 1.26 bits per heavy atom. The van der Waals surface area contributed by atoms with E-state index < -0.39 is 0 Å². The molecule has 0 aliphatic carbocycles. The first-order chi connectivity index (χ1) is 9.06. The van der Waals surface area contributed by atoms with Crippen LogP contribution in [0.15, 0.2) is 22.9 Å². The number of fused-ring (bicyclic) bond motifs is 1. The van der Waals surface area contributed by atoms with Gasteiger partial charge in [0.2, 0.25) is 5.95 Å². The summed E-state index contributed by atoms with van der Waals surface area (Å²) in [5.41, 5.74) is 10.1. The molecule has 0 atom stereocenters. The van der Waals surface area contributed by atoms with Gasteiger partial charge in [0.1, 0.15) is 0 Å². The highest BCUT2D eigenvalue weighted by molar-refractivity contribution is 7.08. The van der Waals surface area contributed by atoms with Gasteiger partial charge >= 0.3 is 0 Å². The number of nitrogens with two attached hydrogens (primary N) is 1. The number of aromatic nitrogens is 2. The molecular weight excluding hydrogens is 301 g/mol. The molecule has 0 aliphatic rings. The van der Waals surface area contributed by atoms with E-state index in [1.54, 1.807) is 17.4 Å². The van der Waals surface area contributed by atoms with Crippen LogP contribution < -0.4 is 5.73 Å². The molecule has 0 unspecified atom stereocenters. The Labute approximate surface area is 124 Å². The normalized spacial score (nSPS) is 11.3. The average Bonchev–Trinajstić information content (AvgIpc) is 2.88. The predicted octanol–water partition coefficient (Wildman–Crippen LogP) is 4.34. The lowest BCUT2D eigenvalue weighted by molar-refractivity contribution is 0.836. The molecule has 0 bridgehead atoms. The Bertz CT molecular complexity index is 761. The van der Waals surface area contributed by atoms with Crippen molar-refractivity contribution in [3.63, 3.8) is 0 Å². The molecule has 1 aromatic carbocycles. The number of halogens is 2. The molecule has 2 aromatic heterocycles. The molecule has 19 heavy (non-hydrogen) atoms. The number of anilines is 1. The molecule has 0 radical (unpaired) electrons. The summed E-state index contributed by atoms with van der Waals surface area (Å²) >= 11 is 13.8. The van der Waals surface area contributed by atoms with E-state index in [1.807, 2.05) is 10.6 Å². The van der Waals surface area contributed by atoms with Crippen LogP contribution in [0.25, 0.3) is 11.0 Å². The zero-order chi connectivity index (χ0) is 13.6. The lowest BCUT2D eigenvalue weighted by Crippen LogP contribution is -2.04. The van der Waals surface area contributed by atoms with Crippen LogP contribution in [0.1, 0.15) is 11.1 Å². The topological polar surface area (TPSA) is 43.8 Å². The van der Waals surface area contributed by atoms with Crippen molar-refractivity contribution in [1.29, 1.82) is 0 Å². The first-order valence-electron chi connectivity index (χ1n) is 5.68. The van der Waals surface area contributed by atoms with Gasteiger partial charge in [-0.15, -0.1) is 0 Å². The van der Waals surface area contributed by atoms with E-state index in [2.05, 4.69) is 22.7 Å². The lowest BCUT2D eigenvalue weighted by Gasteiger charge is -2.06. The van der Waals surface area contributed by atoms with E-state index in [1.165, 1.54) is 11.1 Å². The van der Waals surface area contributed by atoms with Crippen LogP contribution in [-0.2, 0) is 6.54 Å². The van der Waals surface area contributed by atoms with Crippen LogP contribution in [0.5, 0.6) is 0 Å².